The van der Waals surface area contributed by atoms with Crippen LogP contribution in [-0.4, -0.2) is 26.8 Å². The quantitative estimate of drug-likeness (QED) is 0.907. The zero-order valence-corrected chi connectivity index (χ0v) is 11.9. The summed E-state index contributed by atoms with van der Waals surface area (Å²) in [7, 11) is 3.40. The fourth-order valence-corrected chi connectivity index (χ4v) is 3.94. The number of hydrogen-bond donors (Lipinski definition) is 1. The van der Waals surface area contributed by atoms with Gasteiger partial charge in [0.2, 0.25) is 0 Å². The largest absolute Gasteiger partial charge is 0.493 e. The number of benzene rings is 1. The molecule has 1 N–H and O–H groups in total. The third-order valence-electron chi connectivity index (χ3n) is 4.95. The average molecular weight is 261 g/mol. The predicted octanol–water partition coefficient (Wildman–Crippen LogP) is 2.88. The fourth-order valence-electron chi connectivity index (χ4n) is 3.94. The van der Waals surface area contributed by atoms with E-state index in [4.69, 9.17) is 9.47 Å². The van der Waals surface area contributed by atoms with Crippen LogP contribution in [0.5, 0.6) is 11.5 Å². The van der Waals surface area contributed by atoms with Crippen LogP contribution in [-0.2, 0) is 5.41 Å². The molecule has 1 heterocycles. The van der Waals surface area contributed by atoms with Gasteiger partial charge in [0.1, 0.15) is 0 Å². The van der Waals surface area contributed by atoms with Gasteiger partial charge < -0.3 is 14.8 Å². The Bertz CT molecular complexity index is 460. The molecule has 0 spiro atoms. The maximum absolute atomic E-state index is 5.47. The molecule has 2 fully saturated rings. The summed E-state index contributed by atoms with van der Waals surface area (Å²) in [5.74, 6) is 1.67. The van der Waals surface area contributed by atoms with Gasteiger partial charge in [0.05, 0.1) is 14.2 Å². The first kappa shape index (κ1) is 12.8. The first-order valence-electron chi connectivity index (χ1n) is 7.26. The molecule has 3 nitrogen and oxygen atoms in total. The molecule has 1 aliphatic heterocycles. The molecule has 0 radical (unpaired) electrons. The lowest BCUT2D eigenvalue weighted by Crippen LogP contribution is -2.42. The van der Waals surface area contributed by atoms with Crippen LogP contribution >= 0.6 is 0 Å². The molecule has 1 aromatic carbocycles. The number of nitrogens with one attached hydrogen (secondary N) is 1. The molecule has 0 aromatic heterocycles. The van der Waals surface area contributed by atoms with Crippen molar-refractivity contribution >= 4 is 0 Å². The average Bonchev–Trinajstić information content (AvgIpc) is 2.91. The second kappa shape index (κ2) is 5.04. The molecule has 1 aliphatic carbocycles. The summed E-state index contributed by atoms with van der Waals surface area (Å²) >= 11 is 0. The Kier molecular flexibility index (Phi) is 3.40. The van der Waals surface area contributed by atoms with Crippen molar-refractivity contribution in [2.75, 3.05) is 20.8 Å². The Morgan fingerprint density at radius 3 is 2.74 bits per heavy atom. The number of rotatable bonds is 3. The van der Waals surface area contributed by atoms with E-state index in [2.05, 4.69) is 17.4 Å². The fraction of sp³-hybridized carbons (Fsp3) is 0.625. The first-order valence-corrected chi connectivity index (χ1v) is 7.26. The lowest BCUT2D eigenvalue weighted by molar-refractivity contribution is 0.265. The Labute approximate surface area is 115 Å². The Hall–Kier alpha value is -1.22. The van der Waals surface area contributed by atoms with Crippen LogP contribution in [0.4, 0.5) is 0 Å². The highest BCUT2D eigenvalue weighted by Crippen LogP contribution is 2.46. The lowest BCUT2D eigenvalue weighted by Gasteiger charge is -2.39. The van der Waals surface area contributed by atoms with Gasteiger partial charge in [0.15, 0.2) is 11.5 Å². The second-order valence-electron chi connectivity index (χ2n) is 5.73. The molecule has 1 aromatic rings. The number of fused-ring (bicyclic) bond motifs is 1. The van der Waals surface area contributed by atoms with Crippen molar-refractivity contribution < 1.29 is 9.47 Å². The minimum atomic E-state index is 0.317. The van der Waals surface area contributed by atoms with E-state index in [1.165, 1.54) is 37.7 Å². The van der Waals surface area contributed by atoms with E-state index in [-0.39, 0.29) is 0 Å². The number of hydrogen-bond acceptors (Lipinski definition) is 3. The zero-order chi connectivity index (χ0) is 13.3. The van der Waals surface area contributed by atoms with Crippen LogP contribution in [0.1, 0.15) is 37.7 Å². The Morgan fingerprint density at radius 1 is 1.11 bits per heavy atom. The van der Waals surface area contributed by atoms with Gasteiger partial charge in [-0.15, -0.1) is 0 Å². The maximum Gasteiger partial charge on any atom is 0.161 e. The first-order chi connectivity index (χ1) is 9.30. The lowest BCUT2D eigenvalue weighted by atomic mass is 9.66. The topological polar surface area (TPSA) is 30.5 Å². The Morgan fingerprint density at radius 2 is 1.95 bits per heavy atom. The molecule has 19 heavy (non-hydrogen) atoms. The van der Waals surface area contributed by atoms with Crippen LogP contribution in [0.3, 0.4) is 0 Å². The van der Waals surface area contributed by atoms with Gasteiger partial charge in [-0.3, -0.25) is 0 Å². The van der Waals surface area contributed by atoms with Crippen LogP contribution in [0.2, 0.25) is 0 Å². The van der Waals surface area contributed by atoms with Crippen molar-refractivity contribution in [3.63, 3.8) is 0 Å². The summed E-state index contributed by atoms with van der Waals surface area (Å²) < 4.78 is 10.8. The van der Waals surface area contributed by atoms with E-state index in [9.17, 15) is 0 Å². The van der Waals surface area contributed by atoms with Crippen molar-refractivity contribution in [2.24, 2.45) is 0 Å². The van der Waals surface area contributed by atoms with E-state index >= 15 is 0 Å². The van der Waals surface area contributed by atoms with E-state index in [1.54, 1.807) is 14.2 Å². The molecule has 104 valence electrons. The highest BCUT2D eigenvalue weighted by Gasteiger charge is 2.45. The summed E-state index contributed by atoms with van der Waals surface area (Å²) in [6, 6.07) is 7.10. The third kappa shape index (κ3) is 2.00. The molecule has 0 bridgehead atoms. The van der Waals surface area contributed by atoms with E-state index in [0.717, 1.165) is 18.0 Å². The van der Waals surface area contributed by atoms with Crippen molar-refractivity contribution in [1.29, 1.82) is 0 Å². The minimum absolute atomic E-state index is 0.317. The summed E-state index contributed by atoms with van der Waals surface area (Å²) in [4.78, 5) is 0. The van der Waals surface area contributed by atoms with Gasteiger partial charge >= 0.3 is 0 Å². The van der Waals surface area contributed by atoms with E-state index < -0.39 is 0 Å². The van der Waals surface area contributed by atoms with Gasteiger partial charge in [-0.05, 0) is 43.5 Å². The summed E-state index contributed by atoms with van der Waals surface area (Å²) in [5.41, 5.74) is 1.73. The summed E-state index contributed by atoms with van der Waals surface area (Å²) in [6.07, 6.45) is 6.53. The van der Waals surface area contributed by atoms with Crippen LogP contribution in [0.15, 0.2) is 18.2 Å². The van der Waals surface area contributed by atoms with Crippen LogP contribution < -0.4 is 14.8 Å². The summed E-state index contributed by atoms with van der Waals surface area (Å²) in [6.45, 7) is 1.14. The monoisotopic (exact) mass is 261 g/mol. The third-order valence-corrected chi connectivity index (χ3v) is 4.95. The minimum Gasteiger partial charge on any atom is -0.493 e. The molecule has 1 saturated heterocycles. The molecule has 2 unspecified atom stereocenters. The van der Waals surface area contributed by atoms with Crippen LogP contribution in [0, 0.1) is 0 Å². The smallest absolute Gasteiger partial charge is 0.161 e. The molecular weight excluding hydrogens is 238 g/mol. The van der Waals surface area contributed by atoms with Gasteiger partial charge in [0, 0.05) is 11.5 Å². The van der Waals surface area contributed by atoms with Gasteiger partial charge in [0.25, 0.3) is 0 Å². The predicted molar refractivity (Wildman–Crippen MR) is 76.1 cm³/mol. The zero-order valence-electron chi connectivity index (χ0n) is 11.9. The summed E-state index contributed by atoms with van der Waals surface area (Å²) in [5, 5.41) is 3.69. The Balaban J connectivity index is 2.00. The highest BCUT2D eigenvalue weighted by molar-refractivity contribution is 5.46. The van der Waals surface area contributed by atoms with Crippen molar-refractivity contribution in [3.05, 3.63) is 23.8 Å². The van der Waals surface area contributed by atoms with E-state index in [1.807, 2.05) is 6.07 Å². The molecule has 2 atom stereocenters. The van der Waals surface area contributed by atoms with E-state index in [0.29, 0.717) is 11.5 Å². The maximum atomic E-state index is 5.47. The molecule has 3 rings (SSSR count). The number of ether oxygens (including phenoxy) is 2. The molecule has 0 amide bonds. The standard InChI is InChI=1S/C16H23NO2/c1-18-13-7-6-12(11-14(13)19-2)16-8-4-3-5-15(16)17-10-9-16/h6-7,11,15,17H,3-5,8-10H2,1-2H3. The SMILES string of the molecule is COc1ccc(C23CCCCC2NCC3)cc1OC. The molecule has 2 aliphatic rings. The molecular formula is C16H23NO2. The van der Waals surface area contributed by atoms with Gasteiger partial charge in [-0.2, -0.15) is 0 Å². The molecule has 3 heteroatoms. The van der Waals surface area contributed by atoms with Crippen molar-refractivity contribution in [2.45, 2.75) is 43.6 Å². The highest BCUT2D eigenvalue weighted by atomic mass is 16.5. The normalized spacial score (nSPS) is 29.9. The second-order valence-corrected chi connectivity index (χ2v) is 5.73. The van der Waals surface area contributed by atoms with Crippen LogP contribution in [0.25, 0.3) is 0 Å². The van der Waals surface area contributed by atoms with Crippen molar-refractivity contribution in [1.82, 2.24) is 5.32 Å². The number of methoxy groups -OCH3 is 2. The molecule has 1 saturated carbocycles. The van der Waals surface area contributed by atoms with Gasteiger partial charge in [-0.1, -0.05) is 18.9 Å². The van der Waals surface area contributed by atoms with Crippen molar-refractivity contribution in [3.8, 4) is 11.5 Å². The van der Waals surface area contributed by atoms with Gasteiger partial charge in [-0.25, -0.2) is 0 Å².